The van der Waals surface area contributed by atoms with Gasteiger partial charge in [-0.15, -0.1) is 0 Å². The molecular formula is C24H42INO. The number of allylic oxidation sites excluding steroid dienone is 2. The largest absolute Gasteiger partial charge is 0.353 e. The van der Waals surface area contributed by atoms with Crippen molar-refractivity contribution in [3.05, 3.63) is 11.6 Å². The minimum Gasteiger partial charge on any atom is -0.353 e. The van der Waals surface area contributed by atoms with Crippen LogP contribution in [0.5, 0.6) is 0 Å². The fraction of sp³-hybridized carbons (Fsp3) is 0.875. The average Bonchev–Trinajstić information content (AvgIpc) is 2.53. The molecule has 2 aliphatic rings. The molecule has 0 aromatic heterocycles. The van der Waals surface area contributed by atoms with Crippen LogP contribution in [0, 0.1) is 22.7 Å². The van der Waals surface area contributed by atoms with Crippen molar-refractivity contribution in [2.75, 3.05) is 0 Å². The molecule has 0 aromatic rings. The van der Waals surface area contributed by atoms with Gasteiger partial charge in [0.2, 0.25) is 5.91 Å². The molecule has 1 saturated carbocycles. The molecule has 156 valence electrons. The third kappa shape index (κ3) is 5.51. The summed E-state index contributed by atoms with van der Waals surface area (Å²) in [5.74, 6) is 1.44. The van der Waals surface area contributed by atoms with Crippen molar-refractivity contribution < 1.29 is 4.79 Å². The molecule has 1 N–H and O–H groups in total. The van der Waals surface area contributed by atoms with Crippen molar-refractivity contribution in [1.82, 2.24) is 5.32 Å². The minimum absolute atomic E-state index is 0.179. The van der Waals surface area contributed by atoms with Crippen molar-refractivity contribution in [3.63, 3.8) is 0 Å². The van der Waals surface area contributed by atoms with E-state index in [0.29, 0.717) is 15.3 Å². The van der Waals surface area contributed by atoms with Gasteiger partial charge in [-0.1, -0.05) is 88.6 Å². The Morgan fingerprint density at radius 3 is 2.52 bits per heavy atom. The molecule has 0 spiro atoms. The molecule has 27 heavy (non-hydrogen) atoms. The summed E-state index contributed by atoms with van der Waals surface area (Å²) in [5, 5.41) is 3.32. The Bertz CT molecular complexity index is 567. The van der Waals surface area contributed by atoms with Crippen LogP contribution in [-0.2, 0) is 4.79 Å². The summed E-state index contributed by atoms with van der Waals surface area (Å²) >= 11 is 2.66. The highest BCUT2D eigenvalue weighted by Gasteiger charge is 2.48. The Morgan fingerprint density at radius 2 is 1.93 bits per heavy atom. The van der Waals surface area contributed by atoms with Crippen LogP contribution in [-0.4, -0.2) is 15.4 Å². The Kier molecular flexibility index (Phi) is 7.53. The predicted molar refractivity (Wildman–Crippen MR) is 125 cm³/mol. The molecule has 2 rings (SSSR count). The summed E-state index contributed by atoms with van der Waals surface area (Å²) in [7, 11) is 0. The van der Waals surface area contributed by atoms with E-state index in [-0.39, 0.29) is 22.8 Å². The van der Waals surface area contributed by atoms with E-state index in [1.54, 1.807) is 5.57 Å². The first-order chi connectivity index (χ1) is 12.4. The zero-order valence-electron chi connectivity index (χ0n) is 18.8. The molecule has 0 heterocycles. The number of rotatable bonds is 6. The second-order valence-corrected chi connectivity index (χ2v) is 13.2. The normalized spacial score (nSPS) is 38.4. The van der Waals surface area contributed by atoms with Crippen LogP contribution in [0.15, 0.2) is 11.6 Å². The van der Waals surface area contributed by atoms with Crippen LogP contribution in [0.25, 0.3) is 0 Å². The lowest BCUT2D eigenvalue weighted by molar-refractivity contribution is -0.135. The van der Waals surface area contributed by atoms with Crippen molar-refractivity contribution in [1.29, 1.82) is 0 Å². The van der Waals surface area contributed by atoms with Gasteiger partial charge in [0.1, 0.15) is 0 Å². The van der Waals surface area contributed by atoms with E-state index < -0.39 is 0 Å². The minimum atomic E-state index is -0.237. The molecule has 0 aliphatic heterocycles. The molecule has 1 fully saturated rings. The number of hydrogen-bond donors (Lipinski definition) is 1. The van der Waals surface area contributed by atoms with Gasteiger partial charge in [0.25, 0.3) is 0 Å². The van der Waals surface area contributed by atoms with Gasteiger partial charge in [-0.25, -0.2) is 0 Å². The fourth-order valence-electron chi connectivity index (χ4n) is 5.44. The third-order valence-electron chi connectivity index (χ3n) is 7.34. The lowest BCUT2D eigenvalue weighted by Gasteiger charge is -2.49. The molecule has 3 heteroatoms. The van der Waals surface area contributed by atoms with Crippen LogP contribution in [0.2, 0.25) is 0 Å². The molecule has 1 amide bonds. The topological polar surface area (TPSA) is 29.1 Å². The maximum absolute atomic E-state index is 13.2. The SMILES string of the molecule is CCCC1C[C@@](C)(I)CC=C1[C@]1(C)CCC[C@@](C)(C(=O)N[C@H](C)C(C)C)C1. The second-order valence-electron chi connectivity index (χ2n) is 10.6. The third-order valence-corrected chi connectivity index (χ3v) is 8.22. The van der Waals surface area contributed by atoms with E-state index in [1.807, 2.05) is 0 Å². The smallest absolute Gasteiger partial charge is 0.226 e. The average molecular weight is 488 g/mol. The summed E-state index contributed by atoms with van der Waals surface area (Å²) in [6.07, 6.45) is 12.0. The standard InChI is InChI=1S/C24H42INO/c1-8-10-19-15-24(7,25)14-11-20(19)22(5)12-9-13-23(6,16-22)21(27)26-18(4)17(2)3/h11,17-19H,8-10,12-16H2,1-7H3,(H,26,27)/t18-,19?,22-,23-,24+/m1/s1. The molecule has 0 radical (unpaired) electrons. The van der Waals surface area contributed by atoms with E-state index >= 15 is 0 Å². The van der Waals surface area contributed by atoms with Crippen molar-refractivity contribution >= 4 is 28.5 Å². The Labute approximate surface area is 181 Å². The summed E-state index contributed by atoms with van der Waals surface area (Å²) in [6, 6.07) is 0.240. The highest BCUT2D eigenvalue weighted by Crippen LogP contribution is 2.55. The summed E-state index contributed by atoms with van der Waals surface area (Å²) in [5.41, 5.74) is 1.62. The van der Waals surface area contributed by atoms with Crippen LogP contribution < -0.4 is 5.32 Å². The summed E-state index contributed by atoms with van der Waals surface area (Å²) in [6.45, 7) is 15.9. The molecule has 0 saturated heterocycles. The Hall–Kier alpha value is -0.0600. The number of alkyl halides is 1. The van der Waals surface area contributed by atoms with E-state index in [4.69, 9.17) is 0 Å². The summed E-state index contributed by atoms with van der Waals surface area (Å²) in [4.78, 5) is 13.2. The molecule has 1 unspecified atom stereocenters. The van der Waals surface area contributed by atoms with Gasteiger partial charge in [-0.05, 0) is 62.7 Å². The number of carbonyl (C=O) groups is 1. The van der Waals surface area contributed by atoms with Gasteiger partial charge in [0, 0.05) is 14.9 Å². The molecule has 0 aromatic carbocycles. The lowest BCUT2D eigenvalue weighted by Crippen LogP contribution is -2.49. The quantitative estimate of drug-likeness (QED) is 0.243. The number of carbonyl (C=O) groups excluding carboxylic acids is 1. The molecular weight excluding hydrogens is 445 g/mol. The van der Waals surface area contributed by atoms with Gasteiger partial charge < -0.3 is 5.32 Å². The molecule has 0 bridgehead atoms. The maximum Gasteiger partial charge on any atom is 0.226 e. The van der Waals surface area contributed by atoms with Gasteiger partial charge in [0.05, 0.1) is 0 Å². The number of hydrogen-bond acceptors (Lipinski definition) is 1. The highest BCUT2D eigenvalue weighted by atomic mass is 127. The Balaban J connectivity index is 2.23. The lowest BCUT2D eigenvalue weighted by atomic mass is 9.56. The number of nitrogens with one attached hydrogen (secondary N) is 1. The van der Waals surface area contributed by atoms with Crippen molar-refractivity contribution in [2.45, 2.75) is 109 Å². The first-order valence-electron chi connectivity index (χ1n) is 11.1. The zero-order chi connectivity index (χ0) is 20.5. The van der Waals surface area contributed by atoms with Crippen molar-refractivity contribution in [2.24, 2.45) is 22.7 Å². The molecule has 5 atom stereocenters. The highest BCUT2D eigenvalue weighted by molar-refractivity contribution is 14.1. The molecule has 2 nitrogen and oxygen atoms in total. The first kappa shape index (κ1) is 23.2. The number of amides is 1. The van der Waals surface area contributed by atoms with Gasteiger partial charge in [-0.2, -0.15) is 0 Å². The van der Waals surface area contributed by atoms with E-state index in [0.717, 1.165) is 19.3 Å². The van der Waals surface area contributed by atoms with Gasteiger partial charge in [-0.3, -0.25) is 4.79 Å². The van der Waals surface area contributed by atoms with E-state index in [9.17, 15) is 4.79 Å². The van der Waals surface area contributed by atoms with Gasteiger partial charge >= 0.3 is 0 Å². The molecule has 2 aliphatic carbocycles. The van der Waals surface area contributed by atoms with E-state index in [2.05, 4.69) is 82.4 Å². The van der Waals surface area contributed by atoms with Crippen molar-refractivity contribution in [3.8, 4) is 0 Å². The number of halogens is 1. The Morgan fingerprint density at radius 1 is 1.26 bits per heavy atom. The second kappa shape index (κ2) is 8.75. The van der Waals surface area contributed by atoms with Crippen LogP contribution in [0.3, 0.4) is 0 Å². The zero-order valence-corrected chi connectivity index (χ0v) is 20.9. The predicted octanol–water partition coefficient (Wildman–Crippen LogP) is 7.06. The monoisotopic (exact) mass is 487 g/mol. The summed E-state index contributed by atoms with van der Waals surface area (Å²) < 4.78 is 0.388. The maximum atomic E-state index is 13.2. The first-order valence-corrected chi connectivity index (χ1v) is 12.2. The van der Waals surface area contributed by atoms with Crippen LogP contribution in [0.1, 0.15) is 99.8 Å². The fourth-order valence-corrected chi connectivity index (χ4v) is 6.19. The van der Waals surface area contributed by atoms with Crippen LogP contribution >= 0.6 is 22.6 Å². The van der Waals surface area contributed by atoms with Crippen LogP contribution in [0.4, 0.5) is 0 Å². The van der Waals surface area contributed by atoms with Gasteiger partial charge in [0.15, 0.2) is 0 Å². The van der Waals surface area contributed by atoms with E-state index in [1.165, 1.54) is 32.1 Å².